The van der Waals surface area contributed by atoms with Gasteiger partial charge in [-0.15, -0.1) is 6.58 Å². The van der Waals surface area contributed by atoms with E-state index in [9.17, 15) is 14.7 Å². The number of rotatable bonds is 9. The Bertz CT molecular complexity index is 235. The van der Waals surface area contributed by atoms with Crippen molar-refractivity contribution in [1.29, 1.82) is 0 Å². The highest BCUT2D eigenvalue weighted by atomic mass is 16.5. The Labute approximate surface area is 95.0 Å². The maximum Gasteiger partial charge on any atom is 0.173 e. The van der Waals surface area contributed by atoms with Crippen molar-refractivity contribution in [2.45, 2.75) is 26.1 Å². The highest BCUT2D eigenvalue weighted by molar-refractivity contribution is 6.03. The average molecular weight is 230 g/mol. The third-order valence-electron chi connectivity index (χ3n) is 1.74. The van der Waals surface area contributed by atoms with Crippen molar-refractivity contribution in [2.24, 2.45) is 0 Å². The number of hydrogen-bond donors (Lipinski definition) is 1. The van der Waals surface area contributed by atoms with Gasteiger partial charge in [-0.2, -0.15) is 0 Å². The number of Topliss-reactive ketones (excluding diaryl/α,β-unsaturated/α-hetero) is 2. The molecule has 0 saturated carbocycles. The molecule has 0 aromatic carbocycles. The fraction of sp³-hybridized carbons (Fsp3) is 0.636. The molecule has 16 heavy (non-hydrogen) atoms. The molecule has 0 spiro atoms. The lowest BCUT2D eigenvalue weighted by molar-refractivity contribution is -0.143. The molecule has 0 aliphatic heterocycles. The molecule has 0 aliphatic carbocycles. The summed E-state index contributed by atoms with van der Waals surface area (Å²) < 4.78 is 9.98. The first-order valence-electron chi connectivity index (χ1n) is 4.98. The highest BCUT2D eigenvalue weighted by Crippen LogP contribution is 1.98. The zero-order chi connectivity index (χ0) is 12.6. The summed E-state index contributed by atoms with van der Waals surface area (Å²) in [4.78, 5) is 22.0. The second-order valence-corrected chi connectivity index (χ2v) is 3.41. The van der Waals surface area contributed by atoms with Gasteiger partial charge in [-0.1, -0.05) is 6.08 Å². The number of hydrogen-bond acceptors (Lipinski definition) is 5. The molecule has 0 aromatic rings. The second-order valence-electron chi connectivity index (χ2n) is 3.41. The van der Waals surface area contributed by atoms with Crippen molar-refractivity contribution in [3.8, 4) is 0 Å². The summed E-state index contributed by atoms with van der Waals surface area (Å²) in [5, 5.41) is 9.38. The summed E-state index contributed by atoms with van der Waals surface area (Å²) in [6.07, 6.45) is -0.392. The predicted molar refractivity (Wildman–Crippen MR) is 58.1 cm³/mol. The van der Waals surface area contributed by atoms with Crippen LogP contribution in [0.5, 0.6) is 0 Å². The monoisotopic (exact) mass is 230 g/mol. The summed E-state index contributed by atoms with van der Waals surface area (Å²) in [5.41, 5.74) is 0. The summed E-state index contributed by atoms with van der Waals surface area (Å²) in [7, 11) is 0. The van der Waals surface area contributed by atoms with Gasteiger partial charge in [0.05, 0.1) is 19.8 Å². The Hall–Kier alpha value is -1.04. The molecule has 1 atom stereocenters. The topological polar surface area (TPSA) is 72.8 Å². The van der Waals surface area contributed by atoms with Crippen LogP contribution in [0.2, 0.25) is 0 Å². The van der Waals surface area contributed by atoms with Crippen molar-refractivity contribution in [3.63, 3.8) is 0 Å². The number of carbonyl (C=O) groups excluding carboxylic acids is 2. The molecule has 1 N–H and O–H groups in total. The normalized spacial score (nSPS) is 12.5. The first-order valence-corrected chi connectivity index (χ1v) is 4.98. The minimum atomic E-state index is -1.09. The summed E-state index contributed by atoms with van der Waals surface area (Å²) in [5.74, 6) is -0.738. The van der Waals surface area contributed by atoms with Crippen LogP contribution >= 0.6 is 0 Å². The first-order chi connectivity index (χ1) is 7.49. The maximum absolute atomic E-state index is 11.0. The van der Waals surface area contributed by atoms with Crippen molar-refractivity contribution < 1.29 is 24.2 Å². The van der Waals surface area contributed by atoms with Crippen LogP contribution < -0.4 is 0 Å². The van der Waals surface area contributed by atoms with Gasteiger partial charge in [0.25, 0.3) is 0 Å². The minimum absolute atomic E-state index is 0.0779. The van der Waals surface area contributed by atoms with Crippen LogP contribution in [-0.4, -0.2) is 48.7 Å². The van der Waals surface area contributed by atoms with Gasteiger partial charge in [0, 0.05) is 0 Å². The van der Waals surface area contributed by atoms with Gasteiger partial charge in [0.2, 0.25) is 0 Å². The highest BCUT2D eigenvalue weighted by Gasteiger charge is 2.21. The first kappa shape index (κ1) is 15.0. The van der Waals surface area contributed by atoms with Gasteiger partial charge in [-0.05, 0) is 13.8 Å². The molecule has 0 rings (SSSR count). The lowest BCUT2D eigenvalue weighted by Crippen LogP contribution is -2.33. The quantitative estimate of drug-likeness (QED) is 0.346. The summed E-state index contributed by atoms with van der Waals surface area (Å²) in [6.45, 7) is 6.29. The molecule has 0 fully saturated rings. The SMILES string of the molecule is C=CCOCC(O)COC(C(C)=O)C(C)=O. The van der Waals surface area contributed by atoms with Crippen molar-refractivity contribution in [2.75, 3.05) is 19.8 Å². The third-order valence-corrected chi connectivity index (χ3v) is 1.74. The van der Waals surface area contributed by atoms with Crippen LogP contribution in [0, 0.1) is 0 Å². The van der Waals surface area contributed by atoms with Gasteiger partial charge < -0.3 is 14.6 Å². The van der Waals surface area contributed by atoms with Crippen molar-refractivity contribution in [3.05, 3.63) is 12.7 Å². The van der Waals surface area contributed by atoms with Crippen molar-refractivity contribution >= 4 is 11.6 Å². The van der Waals surface area contributed by atoms with E-state index in [0.29, 0.717) is 6.61 Å². The largest absolute Gasteiger partial charge is 0.388 e. The van der Waals surface area contributed by atoms with Gasteiger partial charge in [0.15, 0.2) is 17.7 Å². The lowest BCUT2D eigenvalue weighted by Gasteiger charge is -2.15. The zero-order valence-corrected chi connectivity index (χ0v) is 9.64. The standard InChI is InChI=1S/C11H18O5/c1-4-5-15-6-10(14)7-16-11(8(2)12)9(3)13/h4,10-11,14H,1,5-7H2,2-3H3. The summed E-state index contributed by atoms with van der Waals surface area (Å²) >= 11 is 0. The van der Waals surface area contributed by atoms with Gasteiger partial charge in [0.1, 0.15) is 6.10 Å². The molecular weight excluding hydrogens is 212 g/mol. The Morgan fingerprint density at radius 3 is 2.31 bits per heavy atom. The molecule has 0 bridgehead atoms. The Balaban J connectivity index is 3.87. The molecule has 5 nitrogen and oxygen atoms in total. The smallest absolute Gasteiger partial charge is 0.173 e. The van der Waals surface area contributed by atoms with Crippen LogP contribution in [0.3, 0.4) is 0 Å². The molecule has 92 valence electrons. The Morgan fingerprint density at radius 2 is 1.88 bits per heavy atom. The molecule has 0 aliphatic rings. The van der Waals surface area contributed by atoms with E-state index in [-0.39, 0.29) is 24.8 Å². The van der Waals surface area contributed by atoms with Crippen LogP contribution in [0.25, 0.3) is 0 Å². The van der Waals surface area contributed by atoms with Crippen LogP contribution in [-0.2, 0) is 19.1 Å². The van der Waals surface area contributed by atoms with E-state index in [2.05, 4.69) is 6.58 Å². The molecule has 5 heteroatoms. The Morgan fingerprint density at radius 1 is 1.31 bits per heavy atom. The molecule has 0 saturated heterocycles. The molecule has 1 unspecified atom stereocenters. The number of aliphatic hydroxyl groups is 1. The molecule has 0 aromatic heterocycles. The number of ketones is 2. The van der Waals surface area contributed by atoms with Crippen LogP contribution in [0.1, 0.15) is 13.8 Å². The maximum atomic E-state index is 11.0. The van der Waals surface area contributed by atoms with E-state index in [1.807, 2.05) is 0 Å². The van der Waals surface area contributed by atoms with E-state index in [1.165, 1.54) is 13.8 Å². The second kappa shape index (κ2) is 8.15. The molecular formula is C11H18O5. The van der Waals surface area contributed by atoms with E-state index < -0.39 is 12.2 Å². The van der Waals surface area contributed by atoms with Gasteiger partial charge >= 0.3 is 0 Å². The van der Waals surface area contributed by atoms with Crippen molar-refractivity contribution in [1.82, 2.24) is 0 Å². The van der Waals surface area contributed by atoms with Crippen LogP contribution in [0.4, 0.5) is 0 Å². The number of ether oxygens (including phenoxy) is 2. The number of carbonyl (C=O) groups is 2. The Kier molecular flexibility index (Phi) is 7.62. The van der Waals surface area contributed by atoms with Gasteiger partial charge in [-0.3, -0.25) is 9.59 Å². The lowest BCUT2D eigenvalue weighted by atomic mass is 10.2. The molecule has 0 radical (unpaired) electrons. The van der Waals surface area contributed by atoms with E-state index in [4.69, 9.17) is 9.47 Å². The number of aliphatic hydroxyl groups excluding tert-OH is 1. The fourth-order valence-corrected chi connectivity index (χ4v) is 1.06. The average Bonchev–Trinajstić information content (AvgIpc) is 2.17. The van der Waals surface area contributed by atoms with Crippen LogP contribution in [0.15, 0.2) is 12.7 Å². The van der Waals surface area contributed by atoms with E-state index in [1.54, 1.807) is 6.08 Å². The fourth-order valence-electron chi connectivity index (χ4n) is 1.06. The minimum Gasteiger partial charge on any atom is -0.388 e. The van der Waals surface area contributed by atoms with E-state index in [0.717, 1.165) is 0 Å². The summed E-state index contributed by atoms with van der Waals surface area (Å²) in [6, 6.07) is 0. The predicted octanol–water partition coefficient (Wildman–Crippen LogP) is 0.113. The third kappa shape index (κ3) is 6.44. The van der Waals surface area contributed by atoms with Gasteiger partial charge in [-0.25, -0.2) is 0 Å². The zero-order valence-electron chi connectivity index (χ0n) is 9.64. The molecule has 0 amide bonds. The molecule has 0 heterocycles. The van der Waals surface area contributed by atoms with E-state index >= 15 is 0 Å².